The van der Waals surface area contributed by atoms with Gasteiger partial charge in [-0.2, -0.15) is 0 Å². The molecule has 0 aliphatic heterocycles. The summed E-state index contributed by atoms with van der Waals surface area (Å²) in [6.07, 6.45) is 6.47. The van der Waals surface area contributed by atoms with Gasteiger partial charge in [0.15, 0.2) is 0 Å². The minimum absolute atomic E-state index is 0.558. The van der Waals surface area contributed by atoms with Crippen molar-refractivity contribution in [2.24, 2.45) is 5.92 Å². The van der Waals surface area contributed by atoms with E-state index in [1.807, 2.05) is 18.2 Å². The number of benzene rings is 1. The van der Waals surface area contributed by atoms with Gasteiger partial charge in [0.05, 0.1) is 18.5 Å². The van der Waals surface area contributed by atoms with E-state index in [1.165, 1.54) is 32.1 Å². The molecule has 0 spiro atoms. The van der Waals surface area contributed by atoms with Crippen LogP contribution in [0.4, 0.5) is 11.4 Å². The van der Waals surface area contributed by atoms with Crippen LogP contribution in [0.3, 0.4) is 0 Å². The van der Waals surface area contributed by atoms with Crippen LogP contribution >= 0.6 is 0 Å². The van der Waals surface area contributed by atoms with Crippen molar-refractivity contribution in [1.29, 1.82) is 0 Å². The molecule has 0 unspecified atom stereocenters. The monoisotopic (exact) mass is 248 g/mol. The van der Waals surface area contributed by atoms with E-state index in [9.17, 15) is 0 Å². The van der Waals surface area contributed by atoms with E-state index in [4.69, 9.17) is 10.5 Å². The van der Waals surface area contributed by atoms with Gasteiger partial charge in [0.2, 0.25) is 0 Å². The molecule has 0 amide bonds. The summed E-state index contributed by atoms with van der Waals surface area (Å²) in [5.74, 6) is 1.67. The zero-order valence-electron chi connectivity index (χ0n) is 11.4. The number of anilines is 2. The molecule has 0 heterocycles. The average molecular weight is 248 g/mol. The summed E-state index contributed by atoms with van der Waals surface area (Å²) in [7, 11) is 1.65. The molecule has 3 nitrogen and oxygen atoms in total. The molecule has 3 heteroatoms. The van der Waals surface area contributed by atoms with Crippen LogP contribution in [0.1, 0.15) is 39.0 Å². The molecule has 0 radical (unpaired) electrons. The summed E-state index contributed by atoms with van der Waals surface area (Å²) in [5, 5.41) is 3.56. The van der Waals surface area contributed by atoms with Crippen molar-refractivity contribution < 1.29 is 4.74 Å². The Morgan fingerprint density at radius 2 is 2.00 bits per heavy atom. The third kappa shape index (κ3) is 2.89. The Kier molecular flexibility index (Phi) is 4.34. The molecule has 2 rings (SSSR count). The van der Waals surface area contributed by atoms with Crippen LogP contribution in [-0.2, 0) is 0 Å². The summed E-state index contributed by atoms with van der Waals surface area (Å²) in [4.78, 5) is 0. The number of hydrogen-bond acceptors (Lipinski definition) is 3. The maximum Gasteiger partial charge on any atom is 0.143 e. The van der Waals surface area contributed by atoms with Crippen molar-refractivity contribution in [1.82, 2.24) is 0 Å². The lowest BCUT2D eigenvalue weighted by Gasteiger charge is -2.29. The number of para-hydroxylation sites is 1. The third-order valence-electron chi connectivity index (χ3n) is 4.07. The van der Waals surface area contributed by atoms with E-state index in [2.05, 4.69) is 12.2 Å². The van der Waals surface area contributed by atoms with E-state index in [-0.39, 0.29) is 0 Å². The van der Waals surface area contributed by atoms with Gasteiger partial charge in [0, 0.05) is 6.04 Å². The van der Waals surface area contributed by atoms with Gasteiger partial charge in [-0.15, -0.1) is 0 Å². The zero-order chi connectivity index (χ0) is 13.0. The maximum atomic E-state index is 6.08. The quantitative estimate of drug-likeness (QED) is 0.799. The molecule has 0 saturated heterocycles. The van der Waals surface area contributed by atoms with E-state index in [0.29, 0.717) is 6.04 Å². The molecular weight excluding hydrogens is 224 g/mol. The van der Waals surface area contributed by atoms with Crippen molar-refractivity contribution in [2.75, 3.05) is 18.2 Å². The normalized spacial score (nSPS) is 23.7. The lowest BCUT2D eigenvalue weighted by Crippen LogP contribution is -2.26. The number of ether oxygens (including phenoxy) is 1. The predicted molar refractivity (Wildman–Crippen MR) is 77.1 cm³/mol. The molecule has 1 aliphatic carbocycles. The van der Waals surface area contributed by atoms with Gasteiger partial charge in [-0.05, 0) is 43.7 Å². The van der Waals surface area contributed by atoms with Crippen molar-refractivity contribution in [3.05, 3.63) is 18.2 Å². The molecule has 100 valence electrons. The summed E-state index contributed by atoms with van der Waals surface area (Å²) in [5.41, 5.74) is 7.81. The second-order valence-electron chi connectivity index (χ2n) is 5.19. The van der Waals surface area contributed by atoms with Gasteiger partial charge in [-0.3, -0.25) is 0 Å². The molecule has 1 aliphatic rings. The smallest absolute Gasteiger partial charge is 0.143 e. The zero-order valence-corrected chi connectivity index (χ0v) is 11.4. The Balaban J connectivity index is 1.98. The van der Waals surface area contributed by atoms with E-state index >= 15 is 0 Å². The lowest BCUT2D eigenvalue weighted by atomic mass is 9.84. The molecule has 0 aromatic heterocycles. The van der Waals surface area contributed by atoms with Crippen molar-refractivity contribution in [3.63, 3.8) is 0 Å². The van der Waals surface area contributed by atoms with Crippen LogP contribution in [0.25, 0.3) is 0 Å². The first-order chi connectivity index (χ1) is 8.74. The summed E-state index contributed by atoms with van der Waals surface area (Å²) in [6, 6.07) is 6.47. The van der Waals surface area contributed by atoms with Crippen molar-refractivity contribution >= 4 is 11.4 Å². The summed E-state index contributed by atoms with van der Waals surface area (Å²) >= 11 is 0. The van der Waals surface area contributed by atoms with Crippen LogP contribution in [0.2, 0.25) is 0 Å². The van der Waals surface area contributed by atoms with Crippen LogP contribution in [0.5, 0.6) is 5.75 Å². The number of nitrogens with two attached hydrogens (primary N) is 1. The van der Waals surface area contributed by atoms with Gasteiger partial charge in [0.25, 0.3) is 0 Å². The molecule has 1 saturated carbocycles. The minimum Gasteiger partial charge on any atom is -0.495 e. The molecule has 0 atom stereocenters. The number of rotatable bonds is 4. The fraction of sp³-hybridized carbons (Fsp3) is 0.600. The second kappa shape index (κ2) is 5.98. The Hall–Kier alpha value is -1.38. The molecule has 3 N–H and O–H groups in total. The Bertz CT molecular complexity index is 384. The van der Waals surface area contributed by atoms with E-state index in [1.54, 1.807) is 7.11 Å². The van der Waals surface area contributed by atoms with Crippen LogP contribution in [0.15, 0.2) is 18.2 Å². The first-order valence-corrected chi connectivity index (χ1v) is 6.93. The standard InChI is InChI=1S/C15H24N2O/c1-3-11-7-9-12(10-8-11)17-13-5-4-6-14(18-2)15(13)16/h4-6,11-12,17H,3,7-10,16H2,1-2H3. The molecule has 1 aromatic carbocycles. The third-order valence-corrected chi connectivity index (χ3v) is 4.07. The van der Waals surface area contributed by atoms with Gasteiger partial charge in [-0.1, -0.05) is 19.4 Å². The van der Waals surface area contributed by atoms with Gasteiger partial charge >= 0.3 is 0 Å². The van der Waals surface area contributed by atoms with Gasteiger partial charge in [-0.25, -0.2) is 0 Å². The van der Waals surface area contributed by atoms with Crippen LogP contribution < -0.4 is 15.8 Å². The second-order valence-corrected chi connectivity index (χ2v) is 5.19. The predicted octanol–water partition coefficient (Wildman–Crippen LogP) is 3.66. The van der Waals surface area contributed by atoms with Crippen molar-refractivity contribution in [2.45, 2.75) is 45.1 Å². The molecule has 0 bridgehead atoms. The summed E-state index contributed by atoms with van der Waals surface area (Å²) in [6.45, 7) is 2.29. The van der Waals surface area contributed by atoms with Gasteiger partial charge < -0.3 is 15.8 Å². The SMILES string of the molecule is CCC1CCC(Nc2cccc(OC)c2N)CC1. The highest BCUT2D eigenvalue weighted by Crippen LogP contribution is 2.33. The molecule has 1 aromatic rings. The first kappa shape index (κ1) is 13.1. The maximum absolute atomic E-state index is 6.08. The molecular formula is C15H24N2O. The van der Waals surface area contributed by atoms with Crippen molar-refractivity contribution in [3.8, 4) is 5.75 Å². The van der Waals surface area contributed by atoms with Crippen LogP contribution in [0, 0.1) is 5.92 Å². The fourth-order valence-corrected chi connectivity index (χ4v) is 2.78. The highest BCUT2D eigenvalue weighted by atomic mass is 16.5. The number of nitrogen functional groups attached to an aromatic ring is 1. The minimum atomic E-state index is 0.558. The largest absolute Gasteiger partial charge is 0.495 e. The summed E-state index contributed by atoms with van der Waals surface area (Å²) < 4.78 is 5.24. The number of hydrogen-bond donors (Lipinski definition) is 2. The fourth-order valence-electron chi connectivity index (χ4n) is 2.78. The topological polar surface area (TPSA) is 47.3 Å². The Labute approximate surface area is 110 Å². The van der Waals surface area contributed by atoms with E-state index in [0.717, 1.165) is 23.0 Å². The highest BCUT2D eigenvalue weighted by Gasteiger charge is 2.20. The average Bonchev–Trinajstić information content (AvgIpc) is 2.42. The Morgan fingerprint density at radius 1 is 1.28 bits per heavy atom. The highest BCUT2D eigenvalue weighted by molar-refractivity contribution is 5.73. The first-order valence-electron chi connectivity index (χ1n) is 6.93. The number of methoxy groups -OCH3 is 1. The molecule has 18 heavy (non-hydrogen) atoms. The van der Waals surface area contributed by atoms with Crippen LogP contribution in [-0.4, -0.2) is 13.2 Å². The van der Waals surface area contributed by atoms with E-state index < -0.39 is 0 Å². The van der Waals surface area contributed by atoms with Gasteiger partial charge in [0.1, 0.15) is 5.75 Å². The lowest BCUT2D eigenvalue weighted by molar-refractivity contribution is 0.330. The Morgan fingerprint density at radius 3 is 2.61 bits per heavy atom. The molecule has 1 fully saturated rings. The number of nitrogens with one attached hydrogen (secondary N) is 1.